The zero-order chi connectivity index (χ0) is 49.7. The standard InChI is InChI=1S/C70H42N2O2S2/c1-3-21-43(22-4-1)71(57-35-19-39-61-65(57)49-29-11-17-37-59(49)73-61)63-41-55-67(75-63)70(53-33-15-9-27-47(53)48-28-10-16-34-54(48)70)56-42-64(76-68(56)69(55)51-31-13-7-25-45(51)46-26-8-14-32-52(46)69)72(44-23-5-2-6-24-44)58-36-20-40-62-66(58)50-30-12-18-38-60(50)74-62/h1-42H. The minimum atomic E-state index is -0.708. The Morgan fingerprint density at radius 2 is 0.618 bits per heavy atom. The monoisotopic (exact) mass is 1010 g/mol. The van der Waals surface area contributed by atoms with Crippen LogP contribution in [-0.4, -0.2) is 0 Å². The molecule has 3 aliphatic carbocycles. The van der Waals surface area contributed by atoms with E-state index in [9.17, 15) is 0 Å². The van der Waals surface area contributed by atoms with Crippen molar-refractivity contribution >= 4 is 99.3 Å². The van der Waals surface area contributed by atoms with Gasteiger partial charge in [-0.1, -0.05) is 182 Å². The highest BCUT2D eigenvalue weighted by Crippen LogP contribution is 2.72. The first kappa shape index (κ1) is 42.2. The number of furan rings is 2. The topological polar surface area (TPSA) is 32.8 Å². The Hall–Kier alpha value is -9.20. The van der Waals surface area contributed by atoms with Crippen molar-refractivity contribution in [2.75, 3.05) is 9.80 Å². The molecular weight excluding hydrogens is 965 g/mol. The first-order chi connectivity index (χ1) is 37.7. The maximum Gasteiger partial charge on any atom is 0.137 e. The summed E-state index contributed by atoms with van der Waals surface area (Å²) in [7, 11) is 0. The summed E-state index contributed by atoms with van der Waals surface area (Å²) in [6, 6.07) is 93.8. The van der Waals surface area contributed by atoms with Gasteiger partial charge in [0.05, 0.1) is 33.0 Å². The van der Waals surface area contributed by atoms with Gasteiger partial charge in [0.2, 0.25) is 0 Å². The summed E-state index contributed by atoms with van der Waals surface area (Å²) >= 11 is 3.87. The van der Waals surface area contributed by atoms with E-state index in [-0.39, 0.29) is 0 Å². The van der Waals surface area contributed by atoms with Crippen LogP contribution in [0.5, 0.6) is 0 Å². The lowest BCUT2D eigenvalue weighted by molar-refractivity contribution is 0.662. The van der Waals surface area contributed by atoms with Gasteiger partial charge in [-0.05, 0) is 128 Å². The zero-order valence-electron chi connectivity index (χ0n) is 40.8. The molecule has 0 unspecified atom stereocenters. The Bertz CT molecular complexity index is 4260. The van der Waals surface area contributed by atoms with Crippen LogP contribution in [0.1, 0.15) is 43.1 Å². The summed E-state index contributed by atoms with van der Waals surface area (Å²) in [6.07, 6.45) is 0. The van der Waals surface area contributed by atoms with Crippen LogP contribution in [-0.2, 0) is 10.8 Å². The first-order valence-corrected chi connectivity index (χ1v) is 27.5. The molecule has 14 aromatic rings. The maximum atomic E-state index is 6.64. The van der Waals surface area contributed by atoms with E-state index in [0.29, 0.717) is 0 Å². The molecule has 4 aromatic heterocycles. The van der Waals surface area contributed by atoms with E-state index in [4.69, 9.17) is 8.83 Å². The predicted octanol–water partition coefficient (Wildman–Crippen LogP) is 19.6. The molecule has 10 aromatic carbocycles. The van der Waals surface area contributed by atoms with Gasteiger partial charge in [0.1, 0.15) is 32.3 Å². The number of thiophene rings is 2. The van der Waals surface area contributed by atoms with Crippen LogP contribution in [0.3, 0.4) is 0 Å². The van der Waals surface area contributed by atoms with Crippen LogP contribution in [0, 0.1) is 0 Å². The predicted molar refractivity (Wildman–Crippen MR) is 314 cm³/mol. The second kappa shape index (κ2) is 15.7. The second-order valence-electron chi connectivity index (χ2n) is 20.2. The Balaban J connectivity index is 1.04. The summed E-state index contributed by atoms with van der Waals surface area (Å²) in [5, 5.41) is 6.65. The number of fused-ring (bicyclic) bond motifs is 22. The number of para-hydroxylation sites is 4. The third-order valence-electron chi connectivity index (χ3n) is 16.5. The van der Waals surface area contributed by atoms with Gasteiger partial charge in [-0.3, -0.25) is 0 Å². The normalized spacial score (nSPS) is 14.0. The molecule has 0 bridgehead atoms. The Morgan fingerprint density at radius 3 is 1.01 bits per heavy atom. The number of nitrogens with zero attached hydrogens (tertiary/aromatic N) is 2. The molecule has 0 saturated heterocycles. The third-order valence-corrected chi connectivity index (χ3v) is 19.0. The van der Waals surface area contributed by atoms with E-state index in [1.54, 1.807) is 0 Å². The molecule has 4 heterocycles. The van der Waals surface area contributed by atoms with Crippen LogP contribution >= 0.6 is 22.7 Å². The summed E-state index contributed by atoms with van der Waals surface area (Å²) in [6.45, 7) is 0. The van der Waals surface area contributed by atoms with Gasteiger partial charge in [-0.15, -0.1) is 22.7 Å². The average molecular weight is 1010 g/mol. The molecule has 0 atom stereocenters. The van der Waals surface area contributed by atoms with Crippen LogP contribution < -0.4 is 9.80 Å². The van der Waals surface area contributed by atoms with Crippen molar-refractivity contribution in [2.45, 2.75) is 10.8 Å². The molecule has 4 nitrogen and oxygen atoms in total. The molecule has 17 rings (SSSR count). The van der Waals surface area contributed by atoms with Crippen molar-refractivity contribution < 1.29 is 8.83 Å². The van der Waals surface area contributed by atoms with Gasteiger partial charge >= 0.3 is 0 Å². The SMILES string of the molecule is c1ccc(N(c2cc3c(s2)C2(c4ccccc4-c4ccccc42)c2cc(N(c4ccccc4)c4cccc5oc6ccccc6c45)sc2C32c3ccccc3-c3ccccc32)c2cccc3oc4ccccc4c23)cc1. The van der Waals surface area contributed by atoms with E-state index in [1.807, 2.05) is 22.7 Å². The minimum Gasteiger partial charge on any atom is -0.456 e. The number of rotatable bonds is 6. The second-order valence-corrected chi connectivity index (χ2v) is 22.2. The number of hydrogen-bond donors (Lipinski definition) is 0. The van der Waals surface area contributed by atoms with Crippen LogP contribution in [0.4, 0.5) is 32.8 Å². The van der Waals surface area contributed by atoms with Crippen molar-refractivity contribution in [1.82, 2.24) is 0 Å². The van der Waals surface area contributed by atoms with Gasteiger partial charge in [-0.25, -0.2) is 0 Å². The van der Waals surface area contributed by atoms with E-state index < -0.39 is 10.8 Å². The fourth-order valence-electron chi connectivity index (χ4n) is 13.7. The van der Waals surface area contributed by atoms with Crippen molar-refractivity contribution in [1.29, 1.82) is 0 Å². The first-order valence-electron chi connectivity index (χ1n) is 25.9. The molecular formula is C70H42N2O2S2. The minimum absolute atomic E-state index is 0.708. The summed E-state index contributed by atoms with van der Waals surface area (Å²) in [5.41, 5.74) is 19.3. The third kappa shape index (κ3) is 5.41. The summed E-state index contributed by atoms with van der Waals surface area (Å²) in [4.78, 5) is 7.65. The lowest BCUT2D eigenvalue weighted by atomic mass is 9.58. The molecule has 0 radical (unpaired) electrons. The van der Waals surface area contributed by atoms with E-state index in [1.165, 1.54) is 65.4 Å². The Morgan fingerprint density at radius 1 is 0.289 bits per heavy atom. The van der Waals surface area contributed by atoms with Crippen LogP contribution in [0.25, 0.3) is 66.1 Å². The lowest BCUT2D eigenvalue weighted by Crippen LogP contribution is -2.41. The van der Waals surface area contributed by atoms with Crippen molar-refractivity contribution in [3.63, 3.8) is 0 Å². The molecule has 356 valence electrons. The van der Waals surface area contributed by atoms with Crippen molar-refractivity contribution in [3.05, 3.63) is 298 Å². The van der Waals surface area contributed by atoms with Gasteiger partial charge in [0.25, 0.3) is 0 Å². The summed E-state index contributed by atoms with van der Waals surface area (Å²) < 4.78 is 13.3. The van der Waals surface area contributed by atoms with Crippen molar-refractivity contribution in [2.24, 2.45) is 0 Å². The highest BCUT2D eigenvalue weighted by atomic mass is 32.1. The molecule has 6 heteroatoms. The summed E-state index contributed by atoms with van der Waals surface area (Å²) in [5.74, 6) is 0. The molecule has 0 saturated carbocycles. The molecule has 0 amide bonds. The van der Waals surface area contributed by atoms with Gasteiger partial charge in [-0.2, -0.15) is 0 Å². The fourth-order valence-corrected chi connectivity index (χ4v) is 16.7. The molecule has 76 heavy (non-hydrogen) atoms. The molecule has 0 fully saturated rings. The highest BCUT2D eigenvalue weighted by Gasteiger charge is 2.61. The highest BCUT2D eigenvalue weighted by molar-refractivity contribution is 7.18. The largest absolute Gasteiger partial charge is 0.456 e. The number of anilines is 6. The van der Waals surface area contributed by atoms with Gasteiger partial charge in [0.15, 0.2) is 0 Å². The average Bonchev–Trinajstić information content (AvgIpc) is 3.17. The quantitative estimate of drug-likeness (QED) is 0.166. The maximum absolute atomic E-state index is 6.64. The number of benzene rings is 10. The molecule has 3 aliphatic rings. The Labute approximate surface area is 446 Å². The van der Waals surface area contributed by atoms with E-state index in [2.05, 4.69) is 265 Å². The fraction of sp³-hybridized carbons (Fsp3) is 0.0286. The lowest BCUT2D eigenvalue weighted by Gasteiger charge is -2.45. The molecule has 0 N–H and O–H groups in total. The Kier molecular flexibility index (Phi) is 8.70. The van der Waals surface area contributed by atoms with Crippen LogP contribution in [0.15, 0.2) is 264 Å². The van der Waals surface area contributed by atoms with Crippen molar-refractivity contribution in [3.8, 4) is 22.3 Å². The van der Waals surface area contributed by atoms with E-state index >= 15 is 0 Å². The molecule has 0 aliphatic heterocycles. The smallest absolute Gasteiger partial charge is 0.137 e. The molecule has 2 spiro atoms. The van der Waals surface area contributed by atoms with Gasteiger partial charge < -0.3 is 18.6 Å². The van der Waals surface area contributed by atoms with Gasteiger partial charge in [0, 0.05) is 31.9 Å². The van der Waals surface area contributed by atoms with E-state index in [0.717, 1.165) is 76.6 Å². The number of hydrogen-bond acceptors (Lipinski definition) is 6. The van der Waals surface area contributed by atoms with Crippen LogP contribution in [0.2, 0.25) is 0 Å². The zero-order valence-corrected chi connectivity index (χ0v) is 42.4.